The standard InChI is InChI=1S/C12H18N4O3S/c1-3-6-14-10-5-8-13-9-11(10)20(18,19)16-12(17)15-7-4-2/h3,5,8-9H,1,4,6-7H2,2H3,(H,13,14)(H2,15,16,17). The number of anilines is 1. The number of carbonyl (C=O) groups excluding carboxylic acids is 1. The summed E-state index contributed by atoms with van der Waals surface area (Å²) in [6.07, 6.45) is 4.95. The summed E-state index contributed by atoms with van der Waals surface area (Å²) in [6.45, 7) is 6.21. The third kappa shape index (κ3) is 4.54. The van der Waals surface area contributed by atoms with E-state index in [1.165, 1.54) is 18.5 Å². The Balaban J connectivity index is 2.91. The van der Waals surface area contributed by atoms with E-state index in [1.807, 2.05) is 11.6 Å². The lowest BCUT2D eigenvalue weighted by Crippen LogP contribution is -2.39. The zero-order chi connectivity index (χ0) is 15.0. The molecule has 0 aliphatic rings. The van der Waals surface area contributed by atoms with Gasteiger partial charge < -0.3 is 10.6 Å². The van der Waals surface area contributed by atoms with Crippen molar-refractivity contribution < 1.29 is 13.2 Å². The van der Waals surface area contributed by atoms with Crippen molar-refractivity contribution >= 4 is 21.7 Å². The number of nitrogens with one attached hydrogen (secondary N) is 3. The summed E-state index contributed by atoms with van der Waals surface area (Å²) in [5, 5.41) is 5.31. The zero-order valence-electron chi connectivity index (χ0n) is 11.2. The molecule has 0 aliphatic carbocycles. The topological polar surface area (TPSA) is 100 Å². The Morgan fingerprint density at radius 1 is 1.50 bits per heavy atom. The molecule has 8 heteroatoms. The fraction of sp³-hybridized carbons (Fsp3) is 0.333. The van der Waals surface area contributed by atoms with Gasteiger partial charge in [0.05, 0.1) is 5.69 Å². The van der Waals surface area contributed by atoms with Crippen LogP contribution in [0.25, 0.3) is 0 Å². The van der Waals surface area contributed by atoms with Crippen LogP contribution in [-0.4, -0.2) is 32.5 Å². The zero-order valence-corrected chi connectivity index (χ0v) is 12.0. The van der Waals surface area contributed by atoms with Gasteiger partial charge in [-0.15, -0.1) is 6.58 Å². The maximum absolute atomic E-state index is 12.1. The van der Waals surface area contributed by atoms with Crippen molar-refractivity contribution in [2.45, 2.75) is 18.2 Å². The molecule has 2 amide bonds. The van der Waals surface area contributed by atoms with E-state index in [2.05, 4.69) is 22.2 Å². The van der Waals surface area contributed by atoms with Crippen LogP contribution in [0.1, 0.15) is 13.3 Å². The molecule has 0 radical (unpaired) electrons. The second-order valence-corrected chi connectivity index (χ2v) is 5.55. The van der Waals surface area contributed by atoms with Gasteiger partial charge in [-0.3, -0.25) is 4.98 Å². The summed E-state index contributed by atoms with van der Waals surface area (Å²) in [5.41, 5.74) is 0.357. The largest absolute Gasteiger partial charge is 0.380 e. The van der Waals surface area contributed by atoms with Crippen LogP contribution in [0, 0.1) is 0 Å². The Morgan fingerprint density at radius 3 is 2.90 bits per heavy atom. The van der Waals surface area contributed by atoms with Crippen molar-refractivity contribution in [1.29, 1.82) is 0 Å². The smallest absolute Gasteiger partial charge is 0.328 e. The number of hydrogen-bond donors (Lipinski definition) is 3. The summed E-state index contributed by atoms with van der Waals surface area (Å²) in [5.74, 6) is 0. The summed E-state index contributed by atoms with van der Waals surface area (Å²) in [7, 11) is -3.97. The van der Waals surface area contributed by atoms with E-state index < -0.39 is 16.1 Å². The van der Waals surface area contributed by atoms with Crippen molar-refractivity contribution in [3.8, 4) is 0 Å². The fourth-order valence-electron chi connectivity index (χ4n) is 1.37. The van der Waals surface area contributed by atoms with Gasteiger partial charge in [-0.2, -0.15) is 0 Å². The minimum absolute atomic E-state index is 0.0894. The first-order chi connectivity index (χ1) is 9.51. The number of pyridine rings is 1. The number of hydrogen-bond acceptors (Lipinski definition) is 5. The maximum atomic E-state index is 12.1. The van der Waals surface area contributed by atoms with Crippen molar-refractivity contribution in [2.24, 2.45) is 0 Å². The summed E-state index contributed by atoms with van der Waals surface area (Å²) in [4.78, 5) is 15.1. The SMILES string of the molecule is C=CCNc1ccncc1S(=O)(=O)NC(=O)NCCC. The molecule has 0 saturated carbocycles. The Hall–Kier alpha value is -2.09. The molecule has 0 bridgehead atoms. The monoisotopic (exact) mass is 298 g/mol. The van der Waals surface area contributed by atoms with Crippen molar-refractivity contribution in [2.75, 3.05) is 18.4 Å². The molecule has 0 unspecified atom stereocenters. The Morgan fingerprint density at radius 2 is 2.25 bits per heavy atom. The minimum Gasteiger partial charge on any atom is -0.380 e. The molecule has 20 heavy (non-hydrogen) atoms. The number of sulfonamides is 1. The molecular formula is C12H18N4O3S. The van der Waals surface area contributed by atoms with Crippen LogP contribution in [0.5, 0.6) is 0 Å². The molecule has 1 heterocycles. The number of aromatic nitrogens is 1. The Bertz CT molecular complexity index is 572. The van der Waals surface area contributed by atoms with E-state index >= 15 is 0 Å². The lowest BCUT2D eigenvalue weighted by molar-refractivity contribution is 0.246. The van der Waals surface area contributed by atoms with Gasteiger partial charge in [0.25, 0.3) is 10.0 Å². The summed E-state index contributed by atoms with van der Waals surface area (Å²) in [6, 6.07) is 0.757. The van der Waals surface area contributed by atoms with Gasteiger partial charge >= 0.3 is 6.03 Å². The van der Waals surface area contributed by atoms with E-state index in [0.717, 1.165) is 0 Å². The lowest BCUT2D eigenvalue weighted by Gasteiger charge is -2.12. The number of amides is 2. The molecule has 0 atom stereocenters. The van der Waals surface area contributed by atoms with Gasteiger partial charge in [0.1, 0.15) is 4.90 Å². The van der Waals surface area contributed by atoms with Crippen molar-refractivity contribution in [3.63, 3.8) is 0 Å². The number of rotatable bonds is 7. The summed E-state index contributed by atoms with van der Waals surface area (Å²) >= 11 is 0. The van der Waals surface area contributed by atoms with Gasteiger partial charge in [0.2, 0.25) is 0 Å². The average molecular weight is 298 g/mol. The van der Waals surface area contributed by atoms with Gasteiger partial charge in [0.15, 0.2) is 0 Å². The average Bonchev–Trinajstić information content (AvgIpc) is 2.42. The van der Waals surface area contributed by atoms with Crippen LogP contribution < -0.4 is 15.4 Å². The number of urea groups is 1. The van der Waals surface area contributed by atoms with Crippen LogP contribution in [-0.2, 0) is 10.0 Å². The molecule has 110 valence electrons. The molecule has 1 rings (SSSR count). The molecule has 0 saturated heterocycles. The highest BCUT2D eigenvalue weighted by Crippen LogP contribution is 2.18. The second-order valence-electron chi connectivity index (χ2n) is 3.90. The van der Waals surface area contributed by atoms with Crippen molar-refractivity contribution in [3.05, 3.63) is 31.1 Å². The lowest BCUT2D eigenvalue weighted by atomic mass is 10.4. The molecule has 0 aromatic carbocycles. The Kier molecular flexibility index (Phi) is 5.98. The summed E-state index contributed by atoms with van der Waals surface area (Å²) < 4.78 is 26.2. The second kappa shape index (κ2) is 7.49. The van der Waals surface area contributed by atoms with E-state index in [4.69, 9.17) is 0 Å². The maximum Gasteiger partial charge on any atom is 0.328 e. The third-order valence-corrected chi connectivity index (χ3v) is 3.63. The van der Waals surface area contributed by atoms with Crippen LogP contribution in [0.2, 0.25) is 0 Å². The van der Waals surface area contributed by atoms with Crippen molar-refractivity contribution in [1.82, 2.24) is 15.0 Å². The van der Waals surface area contributed by atoms with Crippen LogP contribution in [0.15, 0.2) is 36.0 Å². The van der Waals surface area contributed by atoms with Gasteiger partial charge in [-0.25, -0.2) is 17.9 Å². The van der Waals surface area contributed by atoms with E-state index in [-0.39, 0.29) is 4.90 Å². The van der Waals surface area contributed by atoms with Crippen LogP contribution >= 0.6 is 0 Å². The number of nitrogens with zero attached hydrogens (tertiary/aromatic N) is 1. The molecule has 0 aliphatic heterocycles. The molecule has 1 aromatic rings. The predicted molar refractivity (Wildman–Crippen MR) is 76.9 cm³/mol. The molecule has 3 N–H and O–H groups in total. The quantitative estimate of drug-likeness (QED) is 0.654. The van der Waals surface area contributed by atoms with E-state index in [9.17, 15) is 13.2 Å². The Labute approximate surface area is 118 Å². The van der Waals surface area contributed by atoms with Crippen LogP contribution in [0.3, 0.4) is 0 Å². The third-order valence-electron chi connectivity index (χ3n) is 2.27. The van der Waals surface area contributed by atoms with Gasteiger partial charge in [-0.05, 0) is 12.5 Å². The number of carbonyl (C=O) groups is 1. The van der Waals surface area contributed by atoms with Gasteiger partial charge in [-0.1, -0.05) is 13.0 Å². The van der Waals surface area contributed by atoms with E-state index in [0.29, 0.717) is 25.2 Å². The highest BCUT2D eigenvalue weighted by molar-refractivity contribution is 7.90. The van der Waals surface area contributed by atoms with Gasteiger partial charge in [0, 0.05) is 25.5 Å². The first-order valence-electron chi connectivity index (χ1n) is 6.10. The molecule has 0 spiro atoms. The highest BCUT2D eigenvalue weighted by atomic mass is 32.2. The predicted octanol–water partition coefficient (Wildman–Crippen LogP) is 1.08. The molecule has 0 fully saturated rings. The fourth-order valence-corrected chi connectivity index (χ4v) is 2.43. The first-order valence-corrected chi connectivity index (χ1v) is 7.59. The van der Waals surface area contributed by atoms with E-state index in [1.54, 1.807) is 6.08 Å². The molecular weight excluding hydrogens is 280 g/mol. The van der Waals surface area contributed by atoms with Crippen LogP contribution in [0.4, 0.5) is 10.5 Å². The highest BCUT2D eigenvalue weighted by Gasteiger charge is 2.21. The molecule has 7 nitrogen and oxygen atoms in total. The first kappa shape index (κ1) is 16.0. The normalized spacial score (nSPS) is 10.7. The molecule has 1 aromatic heterocycles. The minimum atomic E-state index is -3.97.